The van der Waals surface area contributed by atoms with Gasteiger partial charge in [0.15, 0.2) is 0 Å². The molecule has 0 heterocycles. The minimum Gasteiger partial charge on any atom is -0.481 e. The van der Waals surface area contributed by atoms with Gasteiger partial charge in [-0.25, -0.2) is 0 Å². The van der Waals surface area contributed by atoms with Crippen LogP contribution >= 0.6 is 12.4 Å². The lowest BCUT2D eigenvalue weighted by Gasteiger charge is -2.15. The van der Waals surface area contributed by atoms with Crippen LogP contribution < -0.4 is 0 Å². The van der Waals surface area contributed by atoms with E-state index in [9.17, 15) is 9.90 Å². The van der Waals surface area contributed by atoms with E-state index >= 15 is 0 Å². The van der Waals surface area contributed by atoms with Crippen LogP contribution in [0.25, 0.3) is 0 Å². The predicted octanol–water partition coefficient (Wildman–Crippen LogP) is 5.83. The largest absolute Gasteiger partial charge is 0.481 e. The van der Waals surface area contributed by atoms with E-state index < -0.39 is 5.97 Å². The number of halogens is 1. The van der Waals surface area contributed by atoms with Gasteiger partial charge in [0.1, 0.15) is 0 Å². The first-order valence-electron chi connectivity index (χ1n) is 8.46. The van der Waals surface area contributed by atoms with Crippen molar-refractivity contribution in [1.82, 2.24) is 0 Å². The van der Waals surface area contributed by atoms with Crippen LogP contribution in [0.2, 0.25) is 0 Å². The van der Waals surface area contributed by atoms with Gasteiger partial charge in [0, 0.05) is 0 Å². The molecule has 20 heavy (non-hydrogen) atoms. The van der Waals surface area contributed by atoms with Gasteiger partial charge in [0.25, 0.3) is 0 Å². The Morgan fingerprint density at radius 3 is 2.25 bits per heavy atom. The highest BCUT2D eigenvalue weighted by Gasteiger charge is 2.21. The Hall–Kier alpha value is -0.240. The Morgan fingerprint density at radius 1 is 1.05 bits per heavy atom. The normalized spacial score (nSPS) is 16.9. The molecule has 1 aliphatic carbocycles. The third kappa shape index (κ3) is 8.84. The third-order valence-electron chi connectivity index (χ3n) is 4.65. The number of carbonyl (C=O) groups is 1. The first-order valence-corrected chi connectivity index (χ1v) is 8.46. The van der Waals surface area contributed by atoms with Gasteiger partial charge in [0.05, 0.1) is 5.92 Å². The fourth-order valence-corrected chi connectivity index (χ4v) is 3.30. The monoisotopic (exact) mass is 304 g/mol. The van der Waals surface area contributed by atoms with Gasteiger partial charge in [-0.2, -0.15) is 0 Å². The molecule has 1 saturated carbocycles. The fraction of sp³-hybridized carbons (Fsp3) is 0.941. The smallest absolute Gasteiger partial charge is 0.306 e. The maximum atomic E-state index is 11.3. The number of hydrogen-bond acceptors (Lipinski definition) is 1. The molecule has 0 saturated heterocycles. The van der Waals surface area contributed by atoms with Crippen LogP contribution in [0, 0.1) is 11.8 Å². The Labute approximate surface area is 131 Å². The Kier molecular flexibility index (Phi) is 12.3. The standard InChI is InChI=1S/C17H32O2.ClH/c1-2-3-4-5-6-7-12-16(17(18)19)14-13-15-10-8-9-11-15;/h15-16H,2-14H2,1H3,(H,18,19);1H. The molecular formula is C17H33ClO2. The summed E-state index contributed by atoms with van der Waals surface area (Å²) >= 11 is 0. The molecule has 0 amide bonds. The van der Waals surface area contributed by atoms with Crippen LogP contribution in [0.3, 0.4) is 0 Å². The molecule has 0 bridgehead atoms. The van der Waals surface area contributed by atoms with Gasteiger partial charge in [-0.3, -0.25) is 4.79 Å². The van der Waals surface area contributed by atoms with Crippen LogP contribution in [0.4, 0.5) is 0 Å². The molecule has 0 spiro atoms. The number of carboxylic acid groups (broad SMARTS) is 1. The molecule has 120 valence electrons. The lowest BCUT2D eigenvalue weighted by Crippen LogP contribution is -2.15. The second-order valence-corrected chi connectivity index (χ2v) is 6.32. The molecule has 1 unspecified atom stereocenters. The molecule has 0 aromatic heterocycles. The van der Waals surface area contributed by atoms with Crippen molar-refractivity contribution in [2.24, 2.45) is 11.8 Å². The molecule has 2 nitrogen and oxygen atoms in total. The molecule has 1 N–H and O–H groups in total. The van der Waals surface area contributed by atoms with Crippen molar-refractivity contribution in [3.05, 3.63) is 0 Å². The van der Waals surface area contributed by atoms with Crippen molar-refractivity contribution < 1.29 is 9.90 Å². The minimum atomic E-state index is -0.563. The van der Waals surface area contributed by atoms with Crippen LogP contribution in [-0.4, -0.2) is 11.1 Å². The number of aliphatic carboxylic acids is 1. The van der Waals surface area contributed by atoms with E-state index in [4.69, 9.17) is 0 Å². The number of rotatable bonds is 11. The Bertz CT molecular complexity index is 237. The van der Waals surface area contributed by atoms with Gasteiger partial charge in [-0.05, 0) is 25.2 Å². The second-order valence-electron chi connectivity index (χ2n) is 6.32. The topological polar surface area (TPSA) is 37.3 Å². The molecular weight excluding hydrogens is 272 g/mol. The summed E-state index contributed by atoms with van der Waals surface area (Å²) in [7, 11) is 0. The molecule has 1 fully saturated rings. The summed E-state index contributed by atoms with van der Waals surface area (Å²) in [6, 6.07) is 0. The first kappa shape index (κ1) is 19.8. The van der Waals surface area contributed by atoms with E-state index in [-0.39, 0.29) is 18.3 Å². The van der Waals surface area contributed by atoms with Crippen LogP contribution in [0.1, 0.15) is 90.4 Å². The summed E-state index contributed by atoms with van der Waals surface area (Å²) in [5.74, 6) is 0.185. The van der Waals surface area contributed by atoms with E-state index in [2.05, 4.69) is 6.92 Å². The zero-order valence-corrected chi connectivity index (χ0v) is 13.9. The maximum absolute atomic E-state index is 11.3. The summed E-state index contributed by atoms with van der Waals surface area (Å²) < 4.78 is 0. The van der Waals surface area contributed by atoms with Gasteiger partial charge in [0.2, 0.25) is 0 Å². The highest BCUT2D eigenvalue weighted by atomic mass is 35.5. The van der Waals surface area contributed by atoms with Crippen molar-refractivity contribution >= 4 is 18.4 Å². The summed E-state index contributed by atoms with van der Waals surface area (Å²) in [5, 5.41) is 9.29. The zero-order chi connectivity index (χ0) is 13.9. The average molecular weight is 305 g/mol. The SMILES string of the molecule is CCCCCCCCC(CCC1CCCC1)C(=O)O.Cl. The van der Waals surface area contributed by atoms with Crippen LogP contribution in [-0.2, 0) is 4.79 Å². The van der Waals surface area contributed by atoms with E-state index in [1.165, 1.54) is 57.8 Å². The lowest BCUT2D eigenvalue weighted by molar-refractivity contribution is -0.142. The average Bonchev–Trinajstić information content (AvgIpc) is 2.89. The number of carboxylic acids is 1. The number of hydrogen-bond donors (Lipinski definition) is 1. The molecule has 0 aliphatic heterocycles. The molecule has 3 heteroatoms. The second kappa shape index (κ2) is 12.5. The third-order valence-corrected chi connectivity index (χ3v) is 4.65. The Balaban J connectivity index is 0.00000361. The predicted molar refractivity (Wildman–Crippen MR) is 87.6 cm³/mol. The maximum Gasteiger partial charge on any atom is 0.306 e. The van der Waals surface area contributed by atoms with Gasteiger partial charge in [-0.15, -0.1) is 12.4 Å². The van der Waals surface area contributed by atoms with Crippen molar-refractivity contribution in [1.29, 1.82) is 0 Å². The molecule has 0 aromatic rings. The van der Waals surface area contributed by atoms with Crippen LogP contribution in [0.15, 0.2) is 0 Å². The molecule has 1 aliphatic rings. The summed E-state index contributed by atoms with van der Waals surface area (Å²) in [4.78, 5) is 11.3. The van der Waals surface area contributed by atoms with Gasteiger partial charge >= 0.3 is 5.97 Å². The van der Waals surface area contributed by atoms with Gasteiger partial charge in [-0.1, -0.05) is 71.1 Å². The first-order chi connectivity index (χ1) is 9.24. The van der Waals surface area contributed by atoms with E-state index in [0.29, 0.717) is 0 Å². The summed E-state index contributed by atoms with van der Waals surface area (Å²) in [6.07, 6.45) is 15.9. The highest BCUT2D eigenvalue weighted by molar-refractivity contribution is 5.85. The fourth-order valence-electron chi connectivity index (χ4n) is 3.30. The van der Waals surface area contributed by atoms with E-state index in [1.807, 2.05) is 0 Å². The van der Waals surface area contributed by atoms with Gasteiger partial charge < -0.3 is 5.11 Å². The minimum absolute atomic E-state index is 0. The molecule has 0 radical (unpaired) electrons. The number of unbranched alkanes of at least 4 members (excludes halogenated alkanes) is 5. The summed E-state index contributed by atoms with van der Waals surface area (Å²) in [5.41, 5.74) is 0. The molecule has 0 aromatic carbocycles. The Morgan fingerprint density at radius 2 is 1.65 bits per heavy atom. The zero-order valence-electron chi connectivity index (χ0n) is 13.1. The van der Waals surface area contributed by atoms with Crippen LogP contribution in [0.5, 0.6) is 0 Å². The van der Waals surface area contributed by atoms with Crippen molar-refractivity contribution in [3.8, 4) is 0 Å². The molecule has 1 rings (SSSR count). The van der Waals surface area contributed by atoms with E-state index in [1.54, 1.807) is 0 Å². The van der Waals surface area contributed by atoms with Crippen molar-refractivity contribution in [2.75, 3.05) is 0 Å². The molecule has 1 atom stereocenters. The highest BCUT2D eigenvalue weighted by Crippen LogP contribution is 2.30. The quantitative estimate of drug-likeness (QED) is 0.488. The summed E-state index contributed by atoms with van der Waals surface area (Å²) in [6.45, 7) is 2.23. The lowest BCUT2D eigenvalue weighted by atomic mass is 9.91. The van der Waals surface area contributed by atoms with Crippen molar-refractivity contribution in [3.63, 3.8) is 0 Å². The van der Waals surface area contributed by atoms with Crippen molar-refractivity contribution in [2.45, 2.75) is 90.4 Å². The van der Waals surface area contributed by atoms with E-state index in [0.717, 1.165) is 31.6 Å².